The van der Waals surface area contributed by atoms with Gasteiger partial charge in [-0.05, 0) is 54.7 Å². The first kappa shape index (κ1) is 6.61. The third kappa shape index (κ3) is 4.09. The minimum atomic E-state index is -3.43. The first-order valence-corrected chi connectivity index (χ1v) is 7.20. The van der Waals surface area contributed by atoms with E-state index in [2.05, 4.69) is 0 Å². The highest BCUT2D eigenvalue weighted by atomic mass is 16.5. The minimum absolute atomic E-state index is 0.164. The van der Waals surface area contributed by atoms with Gasteiger partial charge in [0.1, 0.15) is 12.4 Å². The van der Waals surface area contributed by atoms with Crippen LogP contribution in [0.3, 0.4) is 0 Å². The number of hydrogen-bond donors (Lipinski definition) is 1. The Hall–Kier alpha value is -2.59. The van der Waals surface area contributed by atoms with Crippen LogP contribution < -0.4 is 4.74 Å². The van der Waals surface area contributed by atoms with Crippen molar-refractivity contribution in [3.8, 4) is 5.75 Å². The van der Waals surface area contributed by atoms with Crippen molar-refractivity contribution in [3.05, 3.63) is 70.6 Å². The normalized spacial score (nSPS) is 24.8. The maximum atomic E-state index is 11.5. The van der Waals surface area contributed by atoms with E-state index < -0.39 is 99.5 Å². The summed E-state index contributed by atoms with van der Waals surface area (Å²) in [4.78, 5) is 11.2. The molecule has 4 nitrogen and oxygen atoms in total. The smallest absolute Gasteiger partial charge is 0.307 e. The zero-order valence-corrected chi connectivity index (χ0v) is 12.9. The molecule has 0 amide bonds. The summed E-state index contributed by atoms with van der Waals surface area (Å²) >= 11 is 0. The number of carbonyl (C=O) groups is 1. The van der Waals surface area contributed by atoms with E-state index in [-0.39, 0.29) is 27.2 Å². The van der Waals surface area contributed by atoms with Gasteiger partial charge in [-0.25, -0.2) is 0 Å². The standard InChI is InChI=1S/C21H23NO3/c1-22(2)11-5-8-18-17-7-4-3-6-16(17)14-25-20-10-9-15(12-19(18)20)13-21(23)24/h3-4,6-10,12H,5,11,13-14H2,1-2H3,(H,23,24)/b18-8-/i1D3,2D3,3D,4D,6D,7D,9D,10D,11D2,12D. The average molecular weight is 353 g/mol. The number of hydrogen-bond acceptors (Lipinski definition) is 3. The Balaban J connectivity index is 2.45. The second kappa shape index (κ2) is 7.53. The van der Waals surface area contributed by atoms with Crippen LogP contribution in [0.15, 0.2) is 48.4 Å². The Morgan fingerprint density at radius 1 is 1.36 bits per heavy atom. The first-order valence-electron chi connectivity index (χ1n) is 14.7. The highest BCUT2D eigenvalue weighted by molar-refractivity contribution is 5.85. The number of aliphatic carboxylic acids is 1. The monoisotopic (exact) mass is 352 g/mol. The van der Waals surface area contributed by atoms with Crippen LogP contribution in [0.5, 0.6) is 5.75 Å². The number of fused-ring (bicyclic) bond motifs is 2. The predicted octanol–water partition coefficient (Wildman–Crippen LogP) is 3.59. The lowest BCUT2D eigenvalue weighted by molar-refractivity contribution is -0.136. The Kier molecular flexibility index (Phi) is 1.99. The van der Waals surface area contributed by atoms with E-state index in [1.807, 2.05) is 0 Å². The predicted molar refractivity (Wildman–Crippen MR) is 98.8 cm³/mol. The summed E-state index contributed by atoms with van der Waals surface area (Å²) in [6, 6.07) is -4.52. The summed E-state index contributed by atoms with van der Waals surface area (Å²) in [6.07, 6.45) is -0.927. The third-order valence-electron chi connectivity index (χ3n) is 3.38. The van der Waals surface area contributed by atoms with Crippen molar-refractivity contribution in [2.75, 3.05) is 20.4 Å². The Morgan fingerprint density at radius 2 is 2.20 bits per heavy atom. The van der Waals surface area contributed by atoms with Crippen LogP contribution in [-0.2, 0) is 17.8 Å². The fourth-order valence-electron chi connectivity index (χ4n) is 2.36. The molecular weight excluding hydrogens is 314 g/mol. The molecule has 130 valence electrons. The molecule has 2 aromatic carbocycles. The fourth-order valence-corrected chi connectivity index (χ4v) is 2.36. The second-order valence-electron chi connectivity index (χ2n) is 5.09. The van der Waals surface area contributed by atoms with Crippen LogP contribution in [0.4, 0.5) is 0 Å². The maximum absolute atomic E-state index is 11.5. The summed E-state index contributed by atoms with van der Waals surface area (Å²) in [7, 11) is 0. The number of carboxylic acids is 1. The number of benzene rings is 2. The van der Waals surface area contributed by atoms with Gasteiger partial charge in [0.15, 0.2) is 0 Å². The van der Waals surface area contributed by atoms with Crippen molar-refractivity contribution < 1.29 is 35.2 Å². The fraction of sp³-hybridized carbons (Fsp3) is 0.286. The van der Waals surface area contributed by atoms with Crippen molar-refractivity contribution in [2.45, 2.75) is 19.4 Å². The van der Waals surface area contributed by atoms with Crippen LogP contribution >= 0.6 is 0 Å². The number of carboxylic acid groups (broad SMARTS) is 1. The SMILES string of the molecule is [2H]c1c([2H])c([2H])c2c(c1[2H])COc1c([2H])c([2H])c(CC(=O)O)c([2H])c1/C2=C\CC([2H])([2H])N(C([2H])([2H])[2H])C([2H])([2H])[2H]. The molecule has 3 rings (SSSR count). The number of rotatable bonds is 5. The van der Waals surface area contributed by atoms with Crippen molar-refractivity contribution in [3.63, 3.8) is 0 Å². The summed E-state index contributed by atoms with van der Waals surface area (Å²) in [5.74, 6) is -1.89. The highest BCUT2D eigenvalue weighted by Gasteiger charge is 2.19. The topological polar surface area (TPSA) is 49.8 Å². The van der Waals surface area contributed by atoms with Crippen LogP contribution in [0.25, 0.3) is 5.57 Å². The summed E-state index contributed by atoms with van der Waals surface area (Å²) in [5.41, 5.74) is -1.60. The van der Waals surface area contributed by atoms with Gasteiger partial charge in [0, 0.05) is 23.0 Å². The van der Waals surface area contributed by atoms with E-state index in [4.69, 9.17) is 25.3 Å². The second-order valence-corrected chi connectivity index (χ2v) is 5.09. The molecule has 0 spiro atoms. The molecule has 0 aromatic heterocycles. The lowest BCUT2D eigenvalue weighted by Crippen LogP contribution is -2.12. The van der Waals surface area contributed by atoms with E-state index in [1.54, 1.807) is 0 Å². The molecule has 0 atom stereocenters. The molecule has 0 unspecified atom stereocenters. The molecule has 25 heavy (non-hydrogen) atoms. The van der Waals surface area contributed by atoms with E-state index >= 15 is 0 Å². The molecule has 0 fully saturated rings. The average Bonchev–Trinajstić information content (AvgIpc) is 2.96. The summed E-state index contributed by atoms with van der Waals surface area (Å²) in [5, 5.41) is 9.33. The molecule has 1 aliphatic rings. The Morgan fingerprint density at radius 3 is 3.00 bits per heavy atom. The van der Waals surface area contributed by atoms with Gasteiger partial charge < -0.3 is 14.7 Å². The molecule has 0 bridgehead atoms. The van der Waals surface area contributed by atoms with Crippen LogP contribution in [0.2, 0.25) is 0 Å². The van der Waals surface area contributed by atoms with Gasteiger partial charge in [-0.2, -0.15) is 0 Å². The van der Waals surface area contributed by atoms with E-state index in [0.717, 1.165) is 6.08 Å². The largest absolute Gasteiger partial charge is 0.488 e. The van der Waals surface area contributed by atoms with Gasteiger partial charge in [-0.15, -0.1) is 0 Å². The van der Waals surface area contributed by atoms with Crippen molar-refractivity contribution in [1.29, 1.82) is 0 Å². The van der Waals surface area contributed by atoms with Gasteiger partial charge in [0.25, 0.3) is 0 Å². The molecule has 1 N–H and O–H groups in total. The van der Waals surface area contributed by atoms with Crippen LogP contribution in [-0.4, -0.2) is 36.4 Å². The lowest BCUT2D eigenvalue weighted by Gasteiger charge is -2.13. The minimum Gasteiger partial charge on any atom is -0.488 e. The zero-order valence-electron chi connectivity index (χ0n) is 27.9. The third-order valence-corrected chi connectivity index (χ3v) is 3.38. The Bertz CT molecular complexity index is 1400. The highest BCUT2D eigenvalue weighted by Crippen LogP contribution is 2.37. The Labute approximate surface area is 169 Å². The molecule has 1 aliphatic heterocycles. The first-order chi connectivity index (χ1) is 18.1. The van der Waals surface area contributed by atoms with Crippen LogP contribution in [0, 0.1) is 0 Å². The molecule has 0 aliphatic carbocycles. The molecule has 0 radical (unpaired) electrons. The van der Waals surface area contributed by atoms with Gasteiger partial charge >= 0.3 is 5.97 Å². The zero-order chi connectivity index (χ0) is 30.7. The molecule has 0 saturated carbocycles. The maximum Gasteiger partial charge on any atom is 0.307 e. The lowest BCUT2D eigenvalue weighted by atomic mass is 9.92. The number of ether oxygens (including phenoxy) is 1. The van der Waals surface area contributed by atoms with Gasteiger partial charge in [-0.1, -0.05) is 36.3 Å². The van der Waals surface area contributed by atoms with Crippen molar-refractivity contribution in [2.24, 2.45) is 0 Å². The van der Waals surface area contributed by atoms with Gasteiger partial charge in [-0.3, -0.25) is 4.79 Å². The van der Waals surface area contributed by atoms with Gasteiger partial charge in [0.05, 0.1) is 16.0 Å². The van der Waals surface area contributed by atoms with E-state index in [1.165, 1.54) is 0 Å². The van der Waals surface area contributed by atoms with Crippen LogP contribution in [0.1, 0.15) is 49.2 Å². The van der Waals surface area contributed by atoms with Crippen molar-refractivity contribution in [1.82, 2.24) is 4.90 Å². The van der Waals surface area contributed by atoms with Crippen molar-refractivity contribution >= 4 is 11.5 Å². The summed E-state index contributed by atoms with van der Waals surface area (Å²) < 4.78 is 126. The molecule has 2 aromatic rings. The van der Waals surface area contributed by atoms with E-state index in [9.17, 15) is 9.90 Å². The van der Waals surface area contributed by atoms with E-state index in [0.29, 0.717) is 0 Å². The summed E-state index contributed by atoms with van der Waals surface area (Å²) in [6.45, 7) is -10.5. The molecule has 0 saturated heterocycles. The molecule has 1 heterocycles. The van der Waals surface area contributed by atoms with Gasteiger partial charge in [0.2, 0.25) is 0 Å². The quantitative estimate of drug-likeness (QED) is 0.893. The number of nitrogens with zero attached hydrogens (tertiary/aromatic N) is 1. The molecule has 4 heteroatoms. The molecular formula is C21H23NO3.